The lowest BCUT2D eigenvalue weighted by molar-refractivity contribution is 0.340. The van der Waals surface area contributed by atoms with Gasteiger partial charge < -0.3 is 4.43 Å². The zero-order valence-electron chi connectivity index (χ0n) is 10.9. The van der Waals surface area contributed by atoms with Crippen molar-refractivity contribution in [2.24, 2.45) is 0 Å². The van der Waals surface area contributed by atoms with E-state index < -0.39 is 18.2 Å². The van der Waals surface area contributed by atoms with Crippen molar-refractivity contribution in [3.05, 3.63) is 0 Å². The fourth-order valence-corrected chi connectivity index (χ4v) is 3.12. The Labute approximate surface area is 95.3 Å². The van der Waals surface area contributed by atoms with Gasteiger partial charge in [0.1, 0.15) is 5.94 Å². The average Bonchev–Trinajstić information content (AvgIpc) is 1.99. The van der Waals surface area contributed by atoms with Gasteiger partial charge in [-0.2, -0.15) is 0 Å². The van der Waals surface area contributed by atoms with Gasteiger partial charge in [0.15, 0.2) is 18.2 Å². The molecule has 5 heteroatoms. The molecule has 0 saturated heterocycles. The van der Waals surface area contributed by atoms with Gasteiger partial charge in [-0.3, -0.25) is 0 Å². The summed E-state index contributed by atoms with van der Waals surface area (Å²) in [5.41, 5.74) is 0. The first-order valence-corrected chi connectivity index (χ1v) is 9.88. The van der Waals surface area contributed by atoms with Crippen LogP contribution in [0.5, 0.6) is 0 Å². The summed E-state index contributed by atoms with van der Waals surface area (Å²) in [7, 11) is -5.02. The molecule has 0 aromatic carbocycles. The quantitative estimate of drug-likeness (QED) is 0.723. The Morgan fingerprint density at radius 2 is 1.60 bits per heavy atom. The van der Waals surface area contributed by atoms with Crippen molar-refractivity contribution in [3.8, 4) is 0 Å². The first kappa shape index (κ1) is 15.1. The molecule has 15 heavy (non-hydrogen) atoms. The van der Waals surface area contributed by atoms with Crippen LogP contribution < -0.4 is 0 Å². The second kappa shape index (κ2) is 4.55. The van der Waals surface area contributed by atoms with E-state index in [0.29, 0.717) is 0 Å². The highest BCUT2D eigenvalue weighted by molar-refractivity contribution is 7.91. The Balaban J connectivity index is 4.55. The molecular formula is C10H24O3SSi. The third kappa shape index (κ3) is 4.24. The molecule has 92 valence electrons. The standard InChI is InChI=1S/C10H24O3SSi/c1-9(2)14(11,12)8-13-15(6,7)10(3,4)5/h9H,8H2,1-7H3. The molecule has 0 aromatic rings. The Morgan fingerprint density at radius 3 is 1.87 bits per heavy atom. The van der Waals surface area contributed by atoms with Crippen LogP contribution in [0.2, 0.25) is 18.1 Å². The number of hydrogen-bond donors (Lipinski definition) is 0. The third-order valence-electron chi connectivity index (χ3n) is 3.11. The SMILES string of the molecule is CC(C)S(=O)(=O)CO[Si](C)(C)C(C)(C)C. The van der Waals surface area contributed by atoms with E-state index in [0.717, 1.165) is 0 Å². The number of rotatable bonds is 4. The second-order valence-electron chi connectivity index (χ2n) is 5.73. The van der Waals surface area contributed by atoms with Crippen LogP contribution in [0.4, 0.5) is 0 Å². The lowest BCUT2D eigenvalue weighted by Gasteiger charge is -2.36. The maximum Gasteiger partial charge on any atom is 0.193 e. The summed E-state index contributed by atoms with van der Waals surface area (Å²) in [5, 5.41) is -0.304. The van der Waals surface area contributed by atoms with Crippen molar-refractivity contribution in [1.29, 1.82) is 0 Å². The largest absolute Gasteiger partial charge is 0.403 e. The summed E-state index contributed by atoms with van der Waals surface area (Å²) in [4.78, 5) is 0. The first-order chi connectivity index (χ1) is 6.40. The summed E-state index contributed by atoms with van der Waals surface area (Å²) in [5.74, 6) is -0.138. The van der Waals surface area contributed by atoms with E-state index >= 15 is 0 Å². The second-order valence-corrected chi connectivity index (χ2v) is 13.0. The zero-order chi connectivity index (χ0) is 12.5. The molecule has 0 spiro atoms. The molecule has 0 aliphatic carbocycles. The first-order valence-electron chi connectivity index (χ1n) is 5.26. The van der Waals surface area contributed by atoms with Crippen molar-refractivity contribution in [2.75, 3.05) is 5.94 Å². The van der Waals surface area contributed by atoms with Gasteiger partial charge in [0.2, 0.25) is 0 Å². The minimum absolute atomic E-state index is 0.0551. The maximum atomic E-state index is 11.6. The van der Waals surface area contributed by atoms with Crippen LogP contribution in [0.25, 0.3) is 0 Å². The Morgan fingerprint density at radius 1 is 1.20 bits per heavy atom. The highest BCUT2D eigenvalue weighted by Crippen LogP contribution is 2.36. The lowest BCUT2D eigenvalue weighted by atomic mass is 10.2. The van der Waals surface area contributed by atoms with Crippen molar-refractivity contribution >= 4 is 18.2 Å². The van der Waals surface area contributed by atoms with E-state index in [9.17, 15) is 8.42 Å². The fourth-order valence-electron chi connectivity index (χ4n) is 0.582. The van der Waals surface area contributed by atoms with Gasteiger partial charge in [-0.25, -0.2) is 8.42 Å². The van der Waals surface area contributed by atoms with Gasteiger partial charge in [-0.15, -0.1) is 0 Å². The van der Waals surface area contributed by atoms with Gasteiger partial charge in [-0.05, 0) is 32.0 Å². The minimum atomic E-state index is -3.08. The molecule has 0 rings (SSSR count). The highest BCUT2D eigenvalue weighted by atomic mass is 32.2. The van der Waals surface area contributed by atoms with Gasteiger partial charge in [0, 0.05) is 0 Å². The van der Waals surface area contributed by atoms with Crippen LogP contribution in [-0.4, -0.2) is 27.9 Å². The Kier molecular flexibility index (Phi) is 4.59. The monoisotopic (exact) mass is 252 g/mol. The van der Waals surface area contributed by atoms with Gasteiger partial charge in [0.25, 0.3) is 0 Å². The van der Waals surface area contributed by atoms with Crippen molar-refractivity contribution in [2.45, 2.75) is 58.0 Å². The van der Waals surface area contributed by atoms with Gasteiger partial charge in [-0.1, -0.05) is 20.8 Å². The summed E-state index contributed by atoms with van der Waals surface area (Å²) in [6.07, 6.45) is 0. The molecule has 0 bridgehead atoms. The molecule has 0 heterocycles. The molecular weight excluding hydrogens is 228 g/mol. The average molecular weight is 252 g/mol. The molecule has 0 amide bonds. The van der Waals surface area contributed by atoms with Crippen molar-refractivity contribution in [1.82, 2.24) is 0 Å². The molecule has 0 N–H and O–H groups in total. The summed E-state index contributed by atoms with van der Waals surface area (Å²) < 4.78 is 28.9. The minimum Gasteiger partial charge on any atom is -0.403 e. The number of hydrogen-bond acceptors (Lipinski definition) is 3. The molecule has 0 radical (unpaired) electrons. The van der Waals surface area contributed by atoms with Crippen LogP contribution in [0.15, 0.2) is 0 Å². The Hall–Kier alpha value is 0.127. The normalized spacial score (nSPS) is 14.7. The van der Waals surface area contributed by atoms with E-state index in [-0.39, 0.29) is 16.2 Å². The van der Waals surface area contributed by atoms with Crippen LogP contribution in [0.3, 0.4) is 0 Å². The van der Waals surface area contributed by atoms with Crippen LogP contribution in [0.1, 0.15) is 34.6 Å². The molecule has 0 saturated carbocycles. The molecule has 0 unspecified atom stereocenters. The smallest absolute Gasteiger partial charge is 0.193 e. The topological polar surface area (TPSA) is 43.4 Å². The molecule has 0 aliphatic rings. The van der Waals surface area contributed by atoms with E-state index in [1.165, 1.54) is 0 Å². The summed E-state index contributed by atoms with van der Waals surface area (Å²) >= 11 is 0. The highest BCUT2D eigenvalue weighted by Gasteiger charge is 2.38. The maximum absolute atomic E-state index is 11.6. The third-order valence-corrected chi connectivity index (χ3v) is 9.68. The van der Waals surface area contributed by atoms with Crippen molar-refractivity contribution in [3.63, 3.8) is 0 Å². The lowest BCUT2D eigenvalue weighted by Crippen LogP contribution is -2.42. The molecule has 0 atom stereocenters. The van der Waals surface area contributed by atoms with Crippen LogP contribution in [-0.2, 0) is 14.3 Å². The van der Waals surface area contributed by atoms with Gasteiger partial charge in [0.05, 0.1) is 5.25 Å². The van der Waals surface area contributed by atoms with E-state index in [2.05, 4.69) is 33.9 Å². The fraction of sp³-hybridized carbons (Fsp3) is 1.00. The predicted octanol–water partition coefficient (Wildman–Crippen LogP) is 2.79. The van der Waals surface area contributed by atoms with Crippen LogP contribution >= 0.6 is 0 Å². The Bertz CT molecular complexity index is 299. The van der Waals surface area contributed by atoms with E-state index in [1.807, 2.05) is 0 Å². The van der Waals surface area contributed by atoms with Crippen LogP contribution in [0, 0.1) is 0 Å². The predicted molar refractivity (Wildman–Crippen MR) is 67.2 cm³/mol. The van der Waals surface area contributed by atoms with E-state index in [4.69, 9.17) is 4.43 Å². The number of sulfone groups is 1. The van der Waals surface area contributed by atoms with E-state index in [1.54, 1.807) is 13.8 Å². The summed E-state index contributed by atoms with van der Waals surface area (Å²) in [6.45, 7) is 13.8. The molecule has 0 aliphatic heterocycles. The summed E-state index contributed by atoms with van der Waals surface area (Å²) in [6, 6.07) is 0. The zero-order valence-corrected chi connectivity index (χ0v) is 12.7. The molecule has 0 aromatic heterocycles. The molecule has 0 fully saturated rings. The molecule has 3 nitrogen and oxygen atoms in total. The van der Waals surface area contributed by atoms with Crippen molar-refractivity contribution < 1.29 is 12.8 Å². The van der Waals surface area contributed by atoms with Gasteiger partial charge >= 0.3 is 0 Å².